The summed E-state index contributed by atoms with van der Waals surface area (Å²) in [6.45, 7) is 3.59. The Balaban J connectivity index is 1.62. The molecule has 3 atom stereocenters. The highest BCUT2D eigenvalue weighted by Crippen LogP contribution is 2.38. The Bertz CT molecular complexity index is 179. The third kappa shape index (κ3) is 1.17. The Labute approximate surface area is 73.9 Å². The zero-order valence-corrected chi connectivity index (χ0v) is 7.54. The molecule has 0 bridgehead atoms. The van der Waals surface area contributed by atoms with Gasteiger partial charge in [0.2, 0.25) is 0 Å². The summed E-state index contributed by atoms with van der Waals surface area (Å²) in [6, 6.07) is 0.939. The van der Waals surface area contributed by atoms with E-state index in [4.69, 9.17) is 4.74 Å². The zero-order chi connectivity index (χ0) is 7.97. The molecule has 2 unspecified atom stereocenters. The second kappa shape index (κ2) is 2.71. The molecule has 0 aromatic carbocycles. The number of nitrogens with zero attached hydrogens (tertiary/aromatic N) is 1. The van der Waals surface area contributed by atoms with Crippen LogP contribution in [0.25, 0.3) is 0 Å². The predicted octanol–water partition coefficient (Wildman–Crippen LogP) is 1.26. The molecule has 0 radical (unpaired) electrons. The minimum Gasteiger partial charge on any atom is -0.372 e. The van der Waals surface area contributed by atoms with Crippen LogP contribution in [0.1, 0.15) is 25.7 Å². The molecule has 0 aromatic heterocycles. The smallest absolute Gasteiger partial charge is 0.0936 e. The fourth-order valence-corrected chi connectivity index (χ4v) is 2.99. The fraction of sp³-hybridized carbons (Fsp3) is 1.00. The van der Waals surface area contributed by atoms with Gasteiger partial charge < -0.3 is 4.74 Å². The van der Waals surface area contributed by atoms with Crippen LogP contribution in [-0.4, -0.2) is 36.7 Å². The largest absolute Gasteiger partial charge is 0.372 e. The molecule has 3 aliphatic rings. The lowest BCUT2D eigenvalue weighted by molar-refractivity contribution is 0.216. The summed E-state index contributed by atoms with van der Waals surface area (Å²) in [5.41, 5.74) is 0. The average Bonchev–Trinajstić information content (AvgIpc) is 2.63. The molecule has 0 spiro atoms. The van der Waals surface area contributed by atoms with Gasteiger partial charge in [0.25, 0.3) is 0 Å². The lowest BCUT2D eigenvalue weighted by atomic mass is 10.0. The van der Waals surface area contributed by atoms with Crippen molar-refractivity contribution in [3.63, 3.8) is 0 Å². The Morgan fingerprint density at radius 2 is 2.17 bits per heavy atom. The van der Waals surface area contributed by atoms with Crippen LogP contribution in [0, 0.1) is 5.92 Å². The first-order valence-corrected chi connectivity index (χ1v) is 5.29. The van der Waals surface area contributed by atoms with E-state index < -0.39 is 0 Å². The van der Waals surface area contributed by atoms with Gasteiger partial charge in [-0.3, -0.25) is 4.90 Å². The van der Waals surface area contributed by atoms with E-state index in [1.807, 2.05) is 0 Å². The van der Waals surface area contributed by atoms with E-state index >= 15 is 0 Å². The number of likely N-dealkylation sites (tertiary alicyclic amines) is 1. The Hall–Kier alpha value is -0.0800. The minimum atomic E-state index is 0.601. The summed E-state index contributed by atoms with van der Waals surface area (Å²) in [5, 5.41) is 0. The topological polar surface area (TPSA) is 15.8 Å². The van der Waals surface area contributed by atoms with Gasteiger partial charge in [0.1, 0.15) is 0 Å². The third-order valence-corrected chi connectivity index (χ3v) is 3.72. The predicted molar refractivity (Wildman–Crippen MR) is 47.1 cm³/mol. The van der Waals surface area contributed by atoms with Crippen molar-refractivity contribution in [2.75, 3.05) is 19.7 Å². The molecule has 1 aliphatic carbocycles. The van der Waals surface area contributed by atoms with E-state index in [1.54, 1.807) is 0 Å². The summed E-state index contributed by atoms with van der Waals surface area (Å²) >= 11 is 0. The number of rotatable bonds is 2. The summed E-state index contributed by atoms with van der Waals surface area (Å²) < 4.78 is 5.28. The number of hydrogen-bond donors (Lipinski definition) is 0. The number of epoxide rings is 1. The third-order valence-electron chi connectivity index (χ3n) is 3.72. The lowest BCUT2D eigenvalue weighted by Crippen LogP contribution is -2.33. The fourth-order valence-electron chi connectivity index (χ4n) is 2.99. The Kier molecular flexibility index (Phi) is 1.66. The Morgan fingerprint density at radius 1 is 1.25 bits per heavy atom. The number of fused-ring (bicyclic) bond motifs is 1. The first-order chi connectivity index (χ1) is 5.93. The SMILES string of the molecule is C1CC2CCN(C[C@@H]3CO3)C2C1. The van der Waals surface area contributed by atoms with Crippen molar-refractivity contribution < 1.29 is 4.74 Å². The van der Waals surface area contributed by atoms with E-state index in [0.29, 0.717) is 6.10 Å². The maximum absolute atomic E-state index is 5.28. The van der Waals surface area contributed by atoms with Crippen molar-refractivity contribution in [2.45, 2.75) is 37.8 Å². The normalized spacial score (nSPS) is 46.5. The highest BCUT2D eigenvalue weighted by Gasteiger charge is 2.39. The van der Waals surface area contributed by atoms with Crippen LogP contribution in [0.15, 0.2) is 0 Å². The van der Waals surface area contributed by atoms with Crippen LogP contribution in [0.3, 0.4) is 0 Å². The molecule has 2 heterocycles. The van der Waals surface area contributed by atoms with Gasteiger partial charge >= 0.3 is 0 Å². The summed E-state index contributed by atoms with van der Waals surface area (Å²) in [5.74, 6) is 1.05. The van der Waals surface area contributed by atoms with Crippen LogP contribution in [0.4, 0.5) is 0 Å². The van der Waals surface area contributed by atoms with E-state index in [2.05, 4.69) is 4.90 Å². The van der Waals surface area contributed by atoms with Crippen LogP contribution < -0.4 is 0 Å². The van der Waals surface area contributed by atoms with Crippen LogP contribution in [0.2, 0.25) is 0 Å². The quantitative estimate of drug-likeness (QED) is 0.575. The van der Waals surface area contributed by atoms with E-state index in [9.17, 15) is 0 Å². The number of hydrogen-bond acceptors (Lipinski definition) is 2. The molecule has 0 amide bonds. The highest BCUT2D eigenvalue weighted by molar-refractivity contribution is 4.93. The molecule has 1 saturated carbocycles. The highest BCUT2D eigenvalue weighted by atomic mass is 16.6. The molecule has 2 nitrogen and oxygen atoms in total. The second-order valence-electron chi connectivity index (χ2n) is 4.50. The second-order valence-corrected chi connectivity index (χ2v) is 4.50. The van der Waals surface area contributed by atoms with Gasteiger partial charge in [-0.2, -0.15) is 0 Å². The van der Waals surface area contributed by atoms with E-state index in [0.717, 1.165) is 18.6 Å². The molecule has 2 heteroatoms. The van der Waals surface area contributed by atoms with Gasteiger partial charge in [0.15, 0.2) is 0 Å². The first kappa shape index (κ1) is 7.34. The molecule has 12 heavy (non-hydrogen) atoms. The van der Waals surface area contributed by atoms with Gasteiger partial charge in [0, 0.05) is 12.6 Å². The maximum atomic E-state index is 5.28. The molecule has 2 aliphatic heterocycles. The van der Waals surface area contributed by atoms with E-state index in [-0.39, 0.29) is 0 Å². The van der Waals surface area contributed by atoms with Crippen molar-refractivity contribution in [1.29, 1.82) is 0 Å². The van der Waals surface area contributed by atoms with Crippen LogP contribution in [-0.2, 0) is 4.74 Å². The molecule has 0 N–H and O–H groups in total. The van der Waals surface area contributed by atoms with E-state index in [1.165, 1.54) is 38.8 Å². The minimum absolute atomic E-state index is 0.601. The van der Waals surface area contributed by atoms with Gasteiger partial charge in [-0.1, -0.05) is 6.42 Å². The van der Waals surface area contributed by atoms with Gasteiger partial charge in [-0.25, -0.2) is 0 Å². The number of ether oxygens (including phenoxy) is 1. The van der Waals surface area contributed by atoms with Crippen LogP contribution in [0.5, 0.6) is 0 Å². The molecular weight excluding hydrogens is 150 g/mol. The zero-order valence-electron chi connectivity index (χ0n) is 7.54. The first-order valence-electron chi connectivity index (χ1n) is 5.29. The molecule has 0 aromatic rings. The maximum Gasteiger partial charge on any atom is 0.0936 e. The molecule has 3 rings (SSSR count). The van der Waals surface area contributed by atoms with Gasteiger partial charge in [0.05, 0.1) is 12.7 Å². The molecular formula is C10H17NO. The van der Waals surface area contributed by atoms with Crippen molar-refractivity contribution >= 4 is 0 Å². The molecule has 3 fully saturated rings. The summed E-state index contributed by atoms with van der Waals surface area (Å²) in [6.07, 6.45) is 6.48. The summed E-state index contributed by atoms with van der Waals surface area (Å²) in [4.78, 5) is 2.68. The Morgan fingerprint density at radius 3 is 3.00 bits per heavy atom. The van der Waals surface area contributed by atoms with Crippen molar-refractivity contribution in [3.05, 3.63) is 0 Å². The summed E-state index contributed by atoms with van der Waals surface area (Å²) in [7, 11) is 0. The van der Waals surface area contributed by atoms with Gasteiger partial charge in [-0.15, -0.1) is 0 Å². The van der Waals surface area contributed by atoms with Crippen molar-refractivity contribution in [3.8, 4) is 0 Å². The monoisotopic (exact) mass is 167 g/mol. The standard InChI is InChI=1S/C10H17NO/c1-2-8-4-5-11(10(8)3-1)6-9-7-12-9/h8-10H,1-7H2/t8?,9-,10?/m1/s1. The molecule has 2 saturated heterocycles. The van der Waals surface area contributed by atoms with Crippen molar-refractivity contribution in [2.24, 2.45) is 5.92 Å². The van der Waals surface area contributed by atoms with Crippen LogP contribution >= 0.6 is 0 Å². The lowest BCUT2D eigenvalue weighted by Gasteiger charge is -2.22. The average molecular weight is 167 g/mol. The van der Waals surface area contributed by atoms with Crippen molar-refractivity contribution in [1.82, 2.24) is 4.90 Å². The van der Waals surface area contributed by atoms with Gasteiger partial charge in [-0.05, 0) is 31.7 Å². The molecule has 68 valence electrons.